The zero-order chi connectivity index (χ0) is 6.97. The summed E-state index contributed by atoms with van der Waals surface area (Å²) in [6, 6.07) is 0.248. The van der Waals surface area contributed by atoms with E-state index in [2.05, 4.69) is 10.2 Å². The van der Waals surface area contributed by atoms with E-state index >= 15 is 0 Å². The maximum absolute atomic E-state index is 10.7. The summed E-state index contributed by atoms with van der Waals surface area (Å²) in [7, 11) is 0. The molecule has 3 heteroatoms. The van der Waals surface area contributed by atoms with Crippen LogP contribution in [0.3, 0.4) is 0 Å². The molecular formula is C7H8N2O. The van der Waals surface area contributed by atoms with Gasteiger partial charge in [-0.25, -0.2) is 0 Å². The lowest BCUT2D eigenvalue weighted by Gasteiger charge is -2.06. The van der Waals surface area contributed by atoms with Crippen LogP contribution in [0.4, 0.5) is 0 Å². The van der Waals surface area contributed by atoms with Crippen molar-refractivity contribution in [1.82, 2.24) is 0 Å². The number of amides is 1. The van der Waals surface area contributed by atoms with Gasteiger partial charge in [0.2, 0.25) is 0 Å². The van der Waals surface area contributed by atoms with Crippen molar-refractivity contribution in [3.8, 4) is 0 Å². The molecule has 0 aromatic heterocycles. The first-order valence-electron chi connectivity index (χ1n) is 3.51. The van der Waals surface area contributed by atoms with E-state index in [9.17, 15) is 4.79 Å². The van der Waals surface area contributed by atoms with Crippen molar-refractivity contribution in [1.29, 1.82) is 0 Å². The van der Waals surface area contributed by atoms with Crippen molar-refractivity contribution in [2.24, 2.45) is 10.2 Å². The summed E-state index contributed by atoms with van der Waals surface area (Å²) in [4.78, 5) is 10.7. The highest BCUT2D eigenvalue weighted by Gasteiger charge is 2.23. The average molecular weight is 136 g/mol. The van der Waals surface area contributed by atoms with Gasteiger partial charge in [-0.3, -0.25) is 4.79 Å². The maximum atomic E-state index is 10.7. The minimum atomic E-state index is -0.187. The molecule has 0 radical (unpaired) electrons. The molecular weight excluding hydrogens is 128 g/mol. The zero-order valence-electron chi connectivity index (χ0n) is 5.58. The van der Waals surface area contributed by atoms with Gasteiger partial charge in [0.15, 0.2) is 0 Å². The van der Waals surface area contributed by atoms with E-state index < -0.39 is 0 Å². The van der Waals surface area contributed by atoms with Gasteiger partial charge < -0.3 is 0 Å². The van der Waals surface area contributed by atoms with Gasteiger partial charge in [0.1, 0.15) is 0 Å². The highest BCUT2D eigenvalue weighted by Crippen LogP contribution is 2.29. The van der Waals surface area contributed by atoms with Crippen LogP contribution in [-0.2, 0) is 4.79 Å². The third kappa shape index (κ3) is 0.781. The average Bonchev–Trinajstić information content (AvgIpc) is 2.33. The Morgan fingerprint density at radius 3 is 3.40 bits per heavy atom. The molecule has 1 saturated carbocycles. The molecule has 1 aliphatic heterocycles. The Morgan fingerprint density at radius 2 is 2.50 bits per heavy atom. The van der Waals surface area contributed by atoms with Crippen LogP contribution in [0.15, 0.2) is 21.9 Å². The third-order valence-corrected chi connectivity index (χ3v) is 1.98. The summed E-state index contributed by atoms with van der Waals surface area (Å²) in [5.41, 5.74) is 1.18. The maximum Gasteiger partial charge on any atom is 0.287 e. The van der Waals surface area contributed by atoms with Gasteiger partial charge in [-0.15, -0.1) is 5.11 Å². The number of hydrogen-bond donors (Lipinski definition) is 0. The second-order valence-corrected chi connectivity index (χ2v) is 2.68. The molecule has 0 saturated heterocycles. The van der Waals surface area contributed by atoms with Crippen molar-refractivity contribution in [3.63, 3.8) is 0 Å². The molecule has 1 amide bonds. The Balaban J connectivity index is 2.30. The van der Waals surface area contributed by atoms with E-state index in [1.54, 1.807) is 6.08 Å². The van der Waals surface area contributed by atoms with Crippen LogP contribution < -0.4 is 0 Å². The van der Waals surface area contributed by atoms with Gasteiger partial charge in [0.05, 0.1) is 6.04 Å². The summed E-state index contributed by atoms with van der Waals surface area (Å²) >= 11 is 0. The monoisotopic (exact) mass is 136 g/mol. The lowest BCUT2D eigenvalue weighted by molar-refractivity contribution is -0.114. The Morgan fingerprint density at radius 1 is 1.60 bits per heavy atom. The number of nitrogens with zero attached hydrogens (tertiary/aromatic N) is 2. The van der Waals surface area contributed by atoms with Crippen molar-refractivity contribution in [2.75, 3.05) is 0 Å². The smallest absolute Gasteiger partial charge is 0.266 e. The number of fused-ring (bicyclic) bond motifs is 1. The molecule has 1 aliphatic carbocycles. The molecule has 0 N–H and O–H groups in total. The first kappa shape index (κ1) is 5.77. The topological polar surface area (TPSA) is 41.8 Å². The largest absolute Gasteiger partial charge is 0.287 e. The molecule has 0 aromatic rings. The lowest BCUT2D eigenvalue weighted by Crippen LogP contribution is -2.06. The lowest BCUT2D eigenvalue weighted by atomic mass is 10.1. The van der Waals surface area contributed by atoms with Crippen LogP contribution >= 0.6 is 0 Å². The van der Waals surface area contributed by atoms with Gasteiger partial charge in [-0.2, -0.15) is 5.11 Å². The van der Waals surface area contributed by atoms with Gasteiger partial charge >= 0.3 is 0 Å². The van der Waals surface area contributed by atoms with Gasteiger partial charge in [0.25, 0.3) is 5.91 Å². The van der Waals surface area contributed by atoms with Crippen molar-refractivity contribution >= 4 is 5.91 Å². The van der Waals surface area contributed by atoms with E-state index in [1.165, 1.54) is 5.57 Å². The number of hydrogen-bond acceptors (Lipinski definition) is 2. The molecule has 1 fully saturated rings. The van der Waals surface area contributed by atoms with E-state index in [0.29, 0.717) is 0 Å². The summed E-state index contributed by atoms with van der Waals surface area (Å²) in [6.07, 6.45) is 4.89. The van der Waals surface area contributed by atoms with Crippen LogP contribution in [-0.4, -0.2) is 11.9 Å². The Labute approximate surface area is 58.8 Å². The minimum absolute atomic E-state index is 0.187. The van der Waals surface area contributed by atoms with Crippen molar-refractivity contribution in [2.45, 2.75) is 25.3 Å². The predicted molar refractivity (Wildman–Crippen MR) is 35.6 cm³/mol. The normalized spacial score (nSPS) is 30.2. The highest BCUT2D eigenvalue weighted by molar-refractivity contribution is 5.89. The SMILES string of the molecule is O=C1C=C2CCCC2N=N1. The third-order valence-electron chi connectivity index (χ3n) is 1.98. The quantitative estimate of drug-likeness (QED) is 0.497. The first-order valence-corrected chi connectivity index (χ1v) is 3.51. The molecule has 10 heavy (non-hydrogen) atoms. The van der Waals surface area contributed by atoms with Crippen molar-refractivity contribution in [3.05, 3.63) is 11.6 Å². The van der Waals surface area contributed by atoms with Crippen LogP contribution in [0.5, 0.6) is 0 Å². The highest BCUT2D eigenvalue weighted by atomic mass is 16.1. The summed E-state index contributed by atoms with van der Waals surface area (Å²) in [5, 5.41) is 7.36. The Bertz CT molecular complexity index is 230. The van der Waals surface area contributed by atoms with E-state index in [1.807, 2.05) is 0 Å². The molecule has 52 valence electrons. The van der Waals surface area contributed by atoms with Gasteiger partial charge in [-0.05, 0) is 24.8 Å². The molecule has 0 spiro atoms. The van der Waals surface area contributed by atoms with Crippen LogP contribution in [0, 0.1) is 0 Å². The van der Waals surface area contributed by atoms with E-state index in [-0.39, 0.29) is 11.9 Å². The van der Waals surface area contributed by atoms with Gasteiger partial charge in [0, 0.05) is 6.08 Å². The van der Waals surface area contributed by atoms with E-state index in [4.69, 9.17) is 0 Å². The summed E-state index contributed by atoms with van der Waals surface area (Å²) in [6.45, 7) is 0. The molecule has 1 atom stereocenters. The van der Waals surface area contributed by atoms with Gasteiger partial charge in [-0.1, -0.05) is 0 Å². The van der Waals surface area contributed by atoms with Crippen molar-refractivity contribution < 1.29 is 4.79 Å². The molecule has 1 unspecified atom stereocenters. The van der Waals surface area contributed by atoms with Crippen LogP contribution in [0.2, 0.25) is 0 Å². The molecule has 2 rings (SSSR count). The predicted octanol–water partition coefficient (Wildman–Crippen LogP) is 1.46. The first-order chi connectivity index (χ1) is 4.86. The number of carbonyl (C=O) groups excluding carboxylic acids is 1. The molecule has 1 heterocycles. The minimum Gasteiger partial charge on any atom is -0.266 e. The van der Waals surface area contributed by atoms with Crippen LogP contribution in [0.1, 0.15) is 19.3 Å². The Kier molecular flexibility index (Phi) is 1.16. The molecule has 0 aromatic carbocycles. The summed E-state index contributed by atoms with van der Waals surface area (Å²) in [5.74, 6) is -0.187. The molecule has 2 aliphatic rings. The Hall–Kier alpha value is -0.990. The standard InChI is InChI=1S/C7H8N2O/c10-7-4-5-2-1-3-6(5)8-9-7/h4,6H,1-3H2. The van der Waals surface area contributed by atoms with E-state index in [0.717, 1.165) is 19.3 Å². The fourth-order valence-electron chi connectivity index (χ4n) is 1.47. The fourth-order valence-corrected chi connectivity index (χ4v) is 1.47. The molecule has 0 bridgehead atoms. The van der Waals surface area contributed by atoms with Crippen LogP contribution in [0.25, 0.3) is 0 Å². The second-order valence-electron chi connectivity index (χ2n) is 2.68. The second kappa shape index (κ2) is 2.01. The molecule has 3 nitrogen and oxygen atoms in total. The summed E-state index contributed by atoms with van der Waals surface area (Å²) < 4.78 is 0. The number of carbonyl (C=O) groups is 1. The zero-order valence-corrected chi connectivity index (χ0v) is 5.58. The fraction of sp³-hybridized carbons (Fsp3) is 0.571. The number of rotatable bonds is 0. The number of azo groups is 1.